The summed E-state index contributed by atoms with van der Waals surface area (Å²) >= 11 is 0. The maximum absolute atomic E-state index is 13.5. The second-order valence-electron chi connectivity index (χ2n) is 11.9. The van der Waals surface area contributed by atoms with Crippen molar-refractivity contribution in [3.05, 3.63) is 33.1 Å². The molecule has 3 rings (SSSR count). The number of methoxy groups -OCH3 is 1. The molecule has 0 spiro atoms. The van der Waals surface area contributed by atoms with Crippen molar-refractivity contribution in [3.63, 3.8) is 0 Å². The molecule has 0 radical (unpaired) electrons. The first kappa shape index (κ1) is 35.9. The van der Waals surface area contributed by atoms with E-state index in [2.05, 4.69) is 11.9 Å². The van der Waals surface area contributed by atoms with E-state index in [4.69, 9.17) is 19.9 Å². The average Bonchev–Trinajstić information content (AvgIpc) is 3.52. The molecule has 44 heavy (non-hydrogen) atoms. The first-order valence-electron chi connectivity index (χ1n) is 16.3. The SMILES string of the molecule is CCCCCCCCCCCCCCCC(=O)N1C(CCN)O[C@H]([C@H]2O[C@@H](n3ccc(=O)[nH]c3=O)[C@H](O)[C@@H]2O)[C@H]1C(=O)OC. The van der Waals surface area contributed by atoms with Crippen LogP contribution in [0.3, 0.4) is 0 Å². The normalized spacial score (nSPS) is 26.8. The number of carbonyl (C=O) groups is 2. The molecule has 0 saturated carbocycles. The van der Waals surface area contributed by atoms with Crippen LogP contribution >= 0.6 is 0 Å². The minimum absolute atomic E-state index is 0.167. The largest absolute Gasteiger partial charge is 0.467 e. The van der Waals surface area contributed by atoms with Crippen LogP contribution in [0.1, 0.15) is 109 Å². The molecule has 1 unspecified atom stereocenters. The number of carbonyl (C=O) groups excluding carboxylic acids is 2. The Morgan fingerprint density at radius 1 is 0.909 bits per heavy atom. The highest BCUT2D eigenvalue weighted by atomic mass is 16.6. The van der Waals surface area contributed by atoms with E-state index in [0.29, 0.717) is 6.42 Å². The number of H-pyrrole nitrogens is 1. The molecule has 13 heteroatoms. The van der Waals surface area contributed by atoms with Crippen molar-refractivity contribution in [3.8, 4) is 0 Å². The molecule has 7 atom stereocenters. The van der Waals surface area contributed by atoms with Gasteiger partial charge in [0.15, 0.2) is 12.3 Å². The number of ether oxygens (including phenoxy) is 3. The molecular weight excluding hydrogens is 572 g/mol. The molecule has 2 fully saturated rings. The van der Waals surface area contributed by atoms with Crippen LogP contribution in [0.4, 0.5) is 0 Å². The summed E-state index contributed by atoms with van der Waals surface area (Å²) in [6.45, 7) is 2.40. The van der Waals surface area contributed by atoms with Crippen molar-refractivity contribution in [2.75, 3.05) is 13.7 Å². The number of aliphatic hydroxyl groups excluding tert-OH is 2. The van der Waals surface area contributed by atoms with Crippen LogP contribution in [-0.2, 0) is 23.8 Å². The molecule has 13 nitrogen and oxygen atoms in total. The number of rotatable bonds is 19. The molecule has 0 bridgehead atoms. The van der Waals surface area contributed by atoms with Crippen molar-refractivity contribution in [2.24, 2.45) is 5.73 Å². The number of hydrogen-bond donors (Lipinski definition) is 4. The van der Waals surface area contributed by atoms with E-state index in [0.717, 1.165) is 36.1 Å². The second kappa shape index (κ2) is 18.4. The van der Waals surface area contributed by atoms with Gasteiger partial charge in [-0.1, -0.05) is 84.0 Å². The lowest BCUT2D eigenvalue weighted by Gasteiger charge is -2.29. The summed E-state index contributed by atoms with van der Waals surface area (Å²) in [6, 6.07) is -0.182. The van der Waals surface area contributed by atoms with E-state index in [1.165, 1.54) is 69.8 Å². The number of nitrogens with zero attached hydrogens (tertiary/aromatic N) is 2. The lowest BCUT2D eigenvalue weighted by atomic mass is 9.98. The van der Waals surface area contributed by atoms with E-state index < -0.39 is 60.1 Å². The summed E-state index contributed by atoms with van der Waals surface area (Å²) in [5.41, 5.74) is 4.32. The summed E-state index contributed by atoms with van der Waals surface area (Å²) in [5, 5.41) is 21.7. The quantitative estimate of drug-likeness (QED) is 0.131. The molecule has 2 aliphatic rings. The summed E-state index contributed by atoms with van der Waals surface area (Å²) in [4.78, 5) is 53.8. The highest BCUT2D eigenvalue weighted by Crippen LogP contribution is 2.38. The van der Waals surface area contributed by atoms with Gasteiger partial charge in [-0.2, -0.15) is 0 Å². The zero-order valence-corrected chi connectivity index (χ0v) is 26.2. The molecule has 250 valence electrons. The van der Waals surface area contributed by atoms with Gasteiger partial charge in [0.05, 0.1) is 7.11 Å². The Kier molecular flexibility index (Phi) is 15.0. The smallest absolute Gasteiger partial charge is 0.331 e. The molecule has 5 N–H and O–H groups in total. The molecular formula is C31H52N4O9. The van der Waals surface area contributed by atoms with Gasteiger partial charge in [0.25, 0.3) is 5.56 Å². The second-order valence-corrected chi connectivity index (χ2v) is 11.9. The molecule has 2 saturated heterocycles. The van der Waals surface area contributed by atoms with Crippen molar-refractivity contribution in [2.45, 2.75) is 146 Å². The number of nitrogens with one attached hydrogen (secondary N) is 1. The minimum Gasteiger partial charge on any atom is -0.467 e. The van der Waals surface area contributed by atoms with Crippen molar-refractivity contribution >= 4 is 11.9 Å². The van der Waals surface area contributed by atoms with Crippen molar-refractivity contribution in [1.82, 2.24) is 14.5 Å². The first-order valence-corrected chi connectivity index (χ1v) is 16.3. The highest BCUT2D eigenvalue weighted by Gasteiger charge is 2.58. The Bertz CT molecular complexity index is 1140. The van der Waals surface area contributed by atoms with Crippen LogP contribution in [-0.4, -0.2) is 86.9 Å². The summed E-state index contributed by atoms with van der Waals surface area (Å²) in [6.07, 6.45) is 8.95. The molecule has 0 aromatic carbocycles. The summed E-state index contributed by atoms with van der Waals surface area (Å²) in [7, 11) is 1.19. The van der Waals surface area contributed by atoms with Gasteiger partial charge in [-0.15, -0.1) is 0 Å². The molecule has 1 amide bonds. The fraction of sp³-hybridized carbons (Fsp3) is 0.806. The van der Waals surface area contributed by atoms with Gasteiger partial charge >= 0.3 is 11.7 Å². The molecule has 2 aliphatic heterocycles. The summed E-state index contributed by atoms with van der Waals surface area (Å²) in [5.74, 6) is -1.06. The first-order chi connectivity index (χ1) is 21.2. The van der Waals surface area contributed by atoms with Crippen LogP contribution in [0.5, 0.6) is 0 Å². The summed E-state index contributed by atoms with van der Waals surface area (Å²) < 4.78 is 17.9. The van der Waals surface area contributed by atoms with Gasteiger partial charge in [0, 0.05) is 25.1 Å². The minimum atomic E-state index is -1.59. The number of aliphatic hydroxyl groups is 2. The van der Waals surface area contributed by atoms with Crippen LogP contribution < -0.4 is 17.0 Å². The van der Waals surface area contributed by atoms with E-state index in [-0.39, 0.29) is 25.3 Å². The van der Waals surface area contributed by atoms with E-state index in [9.17, 15) is 29.4 Å². The van der Waals surface area contributed by atoms with Crippen molar-refractivity contribution < 1.29 is 34.0 Å². The third-order valence-electron chi connectivity index (χ3n) is 8.60. The van der Waals surface area contributed by atoms with Gasteiger partial charge < -0.3 is 35.1 Å². The molecule has 1 aromatic heterocycles. The maximum Gasteiger partial charge on any atom is 0.331 e. The van der Waals surface area contributed by atoms with Gasteiger partial charge in [-0.05, 0) is 13.0 Å². The Morgan fingerprint density at radius 3 is 2.05 bits per heavy atom. The highest BCUT2D eigenvalue weighted by molar-refractivity contribution is 5.86. The molecule has 0 aliphatic carbocycles. The average molecular weight is 625 g/mol. The zero-order chi connectivity index (χ0) is 32.1. The topological polar surface area (TPSA) is 186 Å². The third kappa shape index (κ3) is 9.46. The number of unbranched alkanes of at least 4 members (excludes halogenated alkanes) is 12. The number of esters is 1. The molecule has 1 aromatic rings. The van der Waals surface area contributed by atoms with Crippen LogP contribution in [0.25, 0.3) is 0 Å². The van der Waals surface area contributed by atoms with Crippen LogP contribution in [0.2, 0.25) is 0 Å². The standard InChI is InChI=1S/C31H52N4O9/c1-3-4-5-6-7-8-9-10-11-12-13-14-15-16-22(37)35-23(17-19-32)43-27(24(35)30(40)42-2)28-25(38)26(39)29(44-28)34-20-18-21(36)33-31(34)41/h18,20,23-29,38-39H,3-17,19,32H2,1-2H3,(H,33,36,41)/t23?,24-,25-,26+,27-,28-,29+/m0/s1. The lowest BCUT2D eigenvalue weighted by molar-refractivity contribution is -0.154. The van der Waals surface area contributed by atoms with Gasteiger partial charge in [0.2, 0.25) is 5.91 Å². The Morgan fingerprint density at radius 2 is 1.50 bits per heavy atom. The van der Waals surface area contributed by atoms with Gasteiger partial charge in [0.1, 0.15) is 30.6 Å². The molecule has 3 heterocycles. The predicted molar refractivity (Wildman–Crippen MR) is 163 cm³/mol. The van der Waals surface area contributed by atoms with Gasteiger partial charge in [-0.3, -0.25) is 19.1 Å². The maximum atomic E-state index is 13.5. The number of amides is 1. The van der Waals surface area contributed by atoms with Gasteiger partial charge in [-0.25, -0.2) is 9.59 Å². The third-order valence-corrected chi connectivity index (χ3v) is 8.60. The number of aromatic amines is 1. The fourth-order valence-electron chi connectivity index (χ4n) is 6.19. The monoisotopic (exact) mass is 624 g/mol. The van der Waals surface area contributed by atoms with Crippen LogP contribution in [0.15, 0.2) is 21.9 Å². The van der Waals surface area contributed by atoms with Crippen LogP contribution in [0, 0.1) is 0 Å². The Hall–Kier alpha value is -2.58. The number of aromatic nitrogens is 2. The van der Waals surface area contributed by atoms with Crippen molar-refractivity contribution in [1.29, 1.82) is 0 Å². The Balaban J connectivity index is 1.57. The lowest BCUT2D eigenvalue weighted by Crippen LogP contribution is -2.53. The zero-order valence-electron chi connectivity index (χ0n) is 26.2. The van der Waals surface area contributed by atoms with E-state index >= 15 is 0 Å². The predicted octanol–water partition coefficient (Wildman–Crippen LogP) is 2.08. The Labute approximate surface area is 259 Å². The van der Waals surface area contributed by atoms with E-state index in [1.54, 1.807) is 0 Å². The fourth-order valence-corrected chi connectivity index (χ4v) is 6.19. The number of hydrogen-bond acceptors (Lipinski definition) is 10. The van der Waals surface area contributed by atoms with E-state index in [1.807, 2.05) is 0 Å². The number of nitrogens with two attached hydrogens (primary N) is 1.